The SMILES string of the molecule is O=C1NC(=S)SC1=Cc1cc([N+](=O)[O-])ccc1OCc1cccc(Cl)c1. The Bertz CT molecular complexity index is 946. The van der Waals surface area contributed by atoms with Crippen molar-refractivity contribution < 1.29 is 14.5 Å². The smallest absolute Gasteiger partial charge is 0.270 e. The van der Waals surface area contributed by atoms with E-state index >= 15 is 0 Å². The van der Waals surface area contributed by atoms with Crippen LogP contribution in [0.3, 0.4) is 0 Å². The molecule has 1 fully saturated rings. The van der Waals surface area contributed by atoms with Gasteiger partial charge in [0.2, 0.25) is 0 Å². The number of carbonyl (C=O) groups excluding carboxylic acids is 1. The first-order valence-electron chi connectivity index (χ1n) is 7.33. The molecule has 0 saturated carbocycles. The van der Waals surface area contributed by atoms with Crippen molar-refractivity contribution in [2.75, 3.05) is 0 Å². The fraction of sp³-hybridized carbons (Fsp3) is 0.0588. The van der Waals surface area contributed by atoms with Gasteiger partial charge in [0, 0.05) is 22.7 Å². The summed E-state index contributed by atoms with van der Waals surface area (Å²) in [6.07, 6.45) is 1.53. The molecule has 1 amide bonds. The fourth-order valence-corrected chi connectivity index (χ4v) is 3.49. The largest absolute Gasteiger partial charge is 0.488 e. The molecule has 6 nitrogen and oxygen atoms in total. The number of hydrogen-bond donors (Lipinski definition) is 1. The second-order valence-electron chi connectivity index (χ2n) is 5.25. The Hall–Kier alpha value is -2.42. The molecule has 1 aliphatic heterocycles. The monoisotopic (exact) mass is 406 g/mol. The van der Waals surface area contributed by atoms with Gasteiger partial charge in [-0.25, -0.2) is 0 Å². The van der Waals surface area contributed by atoms with E-state index in [0.717, 1.165) is 17.3 Å². The summed E-state index contributed by atoms with van der Waals surface area (Å²) in [4.78, 5) is 22.8. The van der Waals surface area contributed by atoms with Gasteiger partial charge >= 0.3 is 0 Å². The minimum atomic E-state index is -0.505. The molecule has 0 spiro atoms. The first-order chi connectivity index (χ1) is 12.4. The molecule has 2 aromatic carbocycles. The van der Waals surface area contributed by atoms with Crippen LogP contribution in [0, 0.1) is 10.1 Å². The van der Waals surface area contributed by atoms with E-state index in [-0.39, 0.29) is 18.2 Å². The molecule has 9 heteroatoms. The van der Waals surface area contributed by atoms with Gasteiger partial charge in [0.25, 0.3) is 11.6 Å². The molecule has 26 heavy (non-hydrogen) atoms. The summed E-state index contributed by atoms with van der Waals surface area (Å²) < 4.78 is 6.13. The Morgan fingerprint density at radius 2 is 2.12 bits per heavy atom. The number of hydrogen-bond acceptors (Lipinski definition) is 6. The van der Waals surface area contributed by atoms with E-state index in [1.54, 1.807) is 18.2 Å². The average Bonchev–Trinajstić information content (AvgIpc) is 2.91. The summed E-state index contributed by atoms with van der Waals surface area (Å²) in [6, 6.07) is 11.4. The van der Waals surface area contributed by atoms with Crippen molar-refractivity contribution in [3.05, 3.63) is 73.6 Å². The number of thiocarbonyl (C=S) groups is 1. The molecule has 132 valence electrons. The van der Waals surface area contributed by atoms with E-state index in [1.807, 2.05) is 6.07 Å². The first kappa shape index (κ1) is 18.4. The quantitative estimate of drug-likeness (QED) is 0.345. The third-order valence-electron chi connectivity index (χ3n) is 3.42. The molecule has 1 heterocycles. The molecule has 2 aromatic rings. The lowest BCUT2D eigenvalue weighted by molar-refractivity contribution is -0.384. The third-order valence-corrected chi connectivity index (χ3v) is 4.81. The Labute approximate surface area is 163 Å². The van der Waals surface area contributed by atoms with Gasteiger partial charge < -0.3 is 10.1 Å². The van der Waals surface area contributed by atoms with E-state index < -0.39 is 4.92 Å². The van der Waals surface area contributed by atoms with E-state index in [0.29, 0.717) is 25.6 Å². The van der Waals surface area contributed by atoms with Gasteiger partial charge in [-0.15, -0.1) is 0 Å². The Balaban J connectivity index is 1.91. The van der Waals surface area contributed by atoms with Crippen molar-refractivity contribution in [1.82, 2.24) is 5.32 Å². The standard InChI is InChI=1S/C17H11ClN2O4S2/c18-12-3-1-2-10(6-12)9-24-14-5-4-13(20(22)23)7-11(14)8-15-16(21)19-17(25)26-15/h1-8H,9H2,(H,19,21,25). The lowest BCUT2D eigenvalue weighted by atomic mass is 10.1. The molecule has 0 unspecified atom stereocenters. The highest BCUT2D eigenvalue weighted by Gasteiger charge is 2.23. The Kier molecular flexibility index (Phi) is 5.55. The number of halogens is 1. The Morgan fingerprint density at radius 3 is 2.77 bits per heavy atom. The lowest BCUT2D eigenvalue weighted by Gasteiger charge is -2.10. The van der Waals surface area contributed by atoms with Crippen LogP contribution in [0.4, 0.5) is 5.69 Å². The maximum atomic E-state index is 11.9. The summed E-state index contributed by atoms with van der Waals surface area (Å²) in [7, 11) is 0. The maximum Gasteiger partial charge on any atom is 0.270 e. The van der Waals surface area contributed by atoms with Crippen LogP contribution in [0.25, 0.3) is 6.08 Å². The van der Waals surface area contributed by atoms with Gasteiger partial charge in [-0.2, -0.15) is 0 Å². The number of amides is 1. The number of ether oxygens (including phenoxy) is 1. The number of nitrogens with one attached hydrogen (secondary N) is 1. The fourth-order valence-electron chi connectivity index (χ4n) is 2.24. The summed E-state index contributed by atoms with van der Waals surface area (Å²) in [6.45, 7) is 0.228. The molecule has 0 aromatic heterocycles. The zero-order chi connectivity index (χ0) is 18.7. The number of benzene rings is 2. The van der Waals surface area contributed by atoms with Crippen molar-refractivity contribution in [3.8, 4) is 5.75 Å². The van der Waals surface area contributed by atoms with E-state index in [9.17, 15) is 14.9 Å². The van der Waals surface area contributed by atoms with Crippen LogP contribution in [0.2, 0.25) is 5.02 Å². The van der Waals surface area contributed by atoms with Crippen LogP contribution in [-0.2, 0) is 11.4 Å². The molecule has 0 atom stereocenters. The lowest BCUT2D eigenvalue weighted by Crippen LogP contribution is -2.17. The molecular weight excluding hydrogens is 396 g/mol. The van der Waals surface area contributed by atoms with Crippen LogP contribution in [0.5, 0.6) is 5.75 Å². The summed E-state index contributed by atoms with van der Waals surface area (Å²) >= 11 is 12.0. The molecule has 1 N–H and O–H groups in total. The van der Waals surface area contributed by atoms with Crippen molar-refractivity contribution in [2.45, 2.75) is 6.61 Å². The maximum absolute atomic E-state index is 11.9. The molecule has 0 bridgehead atoms. The molecule has 1 aliphatic rings. The number of thioether (sulfide) groups is 1. The van der Waals surface area contributed by atoms with Gasteiger partial charge in [-0.1, -0.05) is 47.7 Å². The predicted molar refractivity (Wildman–Crippen MR) is 105 cm³/mol. The van der Waals surface area contributed by atoms with Crippen LogP contribution >= 0.6 is 35.6 Å². The highest BCUT2D eigenvalue weighted by Crippen LogP contribution is 2.32. The number of nitro benzene ring substituents is 1. The minimum absolute atomic E-state index is 0.0991. The van der Waals surface area contributed by atoms with Crippen molar-refractivity contribution in [2.24, 2.45) is 0 Å². The van der Waals surface area contributed by atoms with Gasteiger partial charge in [0.05, 0.1) is 9.83 Å². The Morgan fingerprint density at radius 1 is 1.31 bits per heavy atom. The number of rotatable bonds is 5. The number of nitro groups is 1. The number of nitrogens with zero attached hydrogens (tertiary/aromatic N) is 1. The minimum Gasteiger partial charge on any atom is -0.488 e. The normalized spacial score (nSPS) is 15.2. The van der Waals surface area contributed by atoms with E-state index in [1.165, 1.54) is 24.3 Å². The third kappa shape index (κ3) is 4.40. The van der Waals surface area contributed by atoms with Gasteiger partial charge in [0.1, 0.15) is 16.7 Å². The van der Waals surface area contributed by atoms with Crippen molar-refractivity contribution >= 4 is 57.6 Å². The molecule has 1 saturated heterocycles. The van der Waals surface area contributed by atoms with Crippen LogP contribution in [0.15, 0.2) is 47.4 Å². The van der Waals surface area contributed by atoms with Gasteiger partial charge in [-0.3, -0.25) is 14.9 Å². The zero-order valence-corrected chi connectivity index (χ0v) is 15.5. The number of non-ortho nitro benzene ring substituents is 1. The number of carbonyl (C=O) groups is 1. The molecule has 0 radical (unpaired) electrons. The highest BCUT2D eigenvalue weighted by molar-refractivity contribution is 8.26. The first-order valence-corrected chi connectivity index (χ1v) is 8.93. The van der Waals surface area contributed by atoms with Crippen molar-refractivity contribution in [3.63, 3.8) is 0 Å². The van der Waals surface area contributed by atoms with Crippen LogP contribution in [-0.4, -0.2) is 15.2 Å². The molecular formula is C17H11ClN2O4S2. The van der Waals surface area contributed by atoms with E-state index in [4.69, 9.17) is 28.6 Å². The second kappa shape index (κ2) is 7.86. The zero-order valence-electron chi connectivity index (χ0n) is 13.1. The molecule has 3 rings (SSSR count). The molecule has 0 aliphatic carbocycles. The van der Waals surface area contributed by atoms with Crippen LogP contribution < -0.4 is 10.1 Å². The summed E-state index contributed by atoms with van der Waals surface area (Å²) in [5.74, 6) is 0.0709. The average molecular weight is 407 g/mol. The van der Waals surface area contributed by atoms with Gasteiger partial charge in [-0.05, 0) is 29.8 Å². The van der Waals surface area contributed by atoms with Crippen molar-refractivity contribution in [1.29, 1.82) is 0 Å². The summed E-state index contributed by atoms with van der Waals surface area (Å²) in [5.41, 5.74) is 1.17. The summed E-state index contributed by atoms with van der Waals surface area (Å²) in [5, 5.41) is 14.2. The van der Waals surface area contributed by atoms with Gasteiger partial charge in [0.15, 0.2) is 0 Å². The predicted octanol–water partition coefficient (Wildman–Crippen LogP) is 4.32. The van der Waals surface area contributed by atoms with E-state index in [2.05, 4.69) is 5.32 Å². The second-order valence-corrected chi connectivity index (χ2v) is 7.41. The highest BCUT2D eigenvalue weighted by atomic mass is 35.5. The topological polar surface area (TPSA) is 81.5 Å². The van der Waals surface area contributed by atoms with Crippen LogP contribution in [0.1, 0.15) is 11.1 Å².